The number of imidazole rings is 1. The van der Waals surface area contributed by atoms with Gasteiger partial charge in [-0.3, -0.25) is 9.36 Å². The standard InChI is InChI=1S/C12H7Cl4N5O2/c13-8-7-9(18-4-17-8)21(5-19-7)11(12(14,15)16)20-10(22)6-2-1-3-23-6/h1-5,11H,(H,20,22)/t11-/m0/s1. The number of hydrogen-bond donors (Lipinski definition) is 1. The zero-order valence-corrected chi connectivity index (χ0v) is 14.1. The van der Waals surface area contributed by atoms with Crippen LogP contribution >= 0.6 is 46.4 Å². The van der Waals surface area contributed by atoms with Crippen LogP contribution in [-0.2, 0) is 0 Å². The molecule has 7 nitrogen and oxygen atoms in total. The highest BCUT2D eigenvalue weighted by molar-refractivity contribution is 6.68. The van der Waals surface area contributed by atoms with Crippen molar-refractivity contribution in [2.45, 2.75) is 9.96 Å². The van der Waals surface area contributed by atoms with Crippen molar-refractivity contribution in [2.75, 3.05) is 0 Å². The summed E-state index contributed by atoms with van der Waals surface area (Å²) >= 11 is 23.9. The fourth-order valence-electron chi connectivity index (χ4n) is 1.92. The first-order chi connectivity index (χ1) is 10.9. The summed E-state index contributed by atoms with van der Waals surface area (Å²) in [5, 5.41) is 2.71. The smallest absolute Gasteiger partial charge is 0.288 e. The zero-order valence-electron chi connectivity index (χ0n) is 11.1. The predicted octanol–water partition coefficient (Wildman–Crippen LogP) is 3.37. The minimum atomic E-state index is -1.88. The molecule has 0 saturated heterocycles. The van der Waals surface area contributed by atoms with Crippen LogP contribution in [-0.4, -0.2) is 29.2 Å². The average Bonchev–Trinajstić information content (AvgIpc) is 3.13. The molecule has 1 amide bonds. The molecule has 1 N–H and O–H groups in total. The van der Waals surface area contributed by atoms with Gasteiger partial charge in [-0.05, 0) is 12.1 Å². The Morgan fingerprint density at radius 2 is 2.09 bits per heavy atom. The second-order valence-electron chi connectivity index (χ2n) is 4.38. The number of alkyl halides is 3. The van der Waals surface area contributed by atoms with Crippen LogP contribution in [0.3, 0.4) is 0 Å². The van der Waals surface area contributed by atoms with E-state index in [1.807, 2.05) is 0 Å². The number of carbonyl (C=O) groups excluding carboxylic acids is 1. The van der Waals surface area contributed by atoms with Crippen LogP contribution in [0.4, 0.5) is 0 Å². The highest BCUT2D eigenvalue weighted by Crippen LogP contribution is 2.38. The first-order valence-corrected chi connectivity index (χ1v) is 7.63. The molecular weight excluding hydrogens is 388 g/mol. The van der Waals surface area contributed by atoms with Crippen molar-refractivity contribution >= 4 is 63.5 Å². The Hall–Kier alpha value is -1.54. The van der Waals surface area contributed by atoms with E-state index in [0.717, 1.165) is 0 Å². The third kappa shape index (κ3) is 3.23. The van der Waals surface area contributed by atoms with E-state index in [0.29, 0.717) is 11.2 Å². The fourth-order valence-corrected chi connectivity index (χ4v) is 2.58. The van der Waals surface area contributed by atoms with E-state index in [1.54, 1.807) is 6.07 Å². The van der Waals surface area contributed by atoms with Gasteiger partial charge in [0.2, 0.25) is 3.79 Å². The SMILES string of the molecule is O=C(N[C@@H](n1cnc2c(Cl)ncnc21)C(Cl)(Cl)Cl)c1ccco1. The Morgan fingerprint density at radius 1 is 1.30 bits per heavy atom. The lowest BCUT2D eigenvalue weighted by atomic mass is 10.4. The van der Waals surface area contributed by atoms with Crippen LogP contribution < -0.4 is 5.32 Å². The monoisotopic (exact) mass is 393 g/mol. The maximum absolute atomic E-state index is 12.2. The molecule has 3 aromatic rings. The molecule has 3 heterocycles. The van der Waals surface area contributed by atoms with E-state index in [4.69, 9.17) is 50.8 Å². The lowest BCUT2D eigenvalue weighted by molar-refractivity contribution is 0.0893. The van der Waals surface area contributed by atoms with Crippen LogP contribution in [0.2, 0.25) is 5.15 Å². The molecule has 23 heavy (non-hydrogen) atoms. The summed E-state index contributed by atoms with van der Waals surface area (Å²) in [6, 6.07) is 3.05. The highest BCUT2D eigenvalue weighted by atomic mass is 35.6. The largest absolute Gasteiger partial charge is 0.459 e. The molecule has 11 heteroatoms. The molecule has 3 rings (SSSR count). The summed E-state index contributed by atoms with van der Waals surface area (Å²) in [5.41, 5.74) is 0.627. The van der Waals surface area contributed by atoms with Crippen molar-refractivity contribution in [3.8, 4) is 0 Å². The number of carbonyl (C=O) groups is 1. The van der Waals surface area contributed by atoms with Gasteiger partial charge in [0.25, 0.3) is 5.91 Å². The van der Waals surface area contributed by atoms with Gasteiger partial charge in [0.1, 0.15) is 11.8 Å². The maximum atomic E-state index is 12.2. The van der Waals surface area contributed by atoms with Gasteiger partial charge in [0.05, 0.1) is 12.6 Å². The number of fused-ring (bicyclic) bond motifs is 1. The Bertz CT molecular complexity index is 843. The predicted molar refractivity (Wildman–Crippen MR) is 85.8 cm³/mol. The molecule has 0 spiro atoms. The Balaban J connectivity index is 2.02. The lowest BCUT2D eigenvalue weighted by Gasteiger charge is -2.26. The molecule has 3 aromatic heterocycles. The van der Waals surface area contributed by atoms with Crippen LogP contribution in [0.15, 0.2) is 35.5 Å². The van der Waals surface area contributed by atoms with Gasteiger partial charge >= 0.3 is 0 Å². The van der Waals surface area contributed by atoms with E-state index in [-0.39, 0.29) is 10.9 Å². The van der Waals surface area contributed by atoms with Crippen LogP contribution in [0.5, 0.6) is 0 Å². The molecule has 0 aromatic carbocycles. The molecule has 0 bridgehead atoms. The zero-order chi connectivity index (χ0) is 16.6. The Labute approximate surface area is 149 Å². The molecule has 0 unspecified atom stereocenters. The fraction of sp³-hybridized carbons (Fsp3) is 0.167. The molecule has 0 aliphatic carbocycles. The number of furan rings is 1. The number of rotatable bonds is 3. The van der Waals surface area contributed by atoms with Crippen molar-refractivity contribution in [2.24, 2.45) is 0 Å². The molecule has 0 aliphatic heterocycles. The molecular formula is C12H7Cl4N5O2. The topological polar surface area (TPSA) is 85.8 Å². The first-order valence-electron chi connectivity index (χ1n) is 6.12. The number of aromatic nitrogens is 4. The third-order valence-electron chi connectivity index (χ3n) is 2.92. The number of nitrogens with one attached hydrogen (secondary N) is 1. The molecule has 0 aliphatic rings. The van der Waals surface area contributed by atoms with Crippen molar-refractivity contribution in [1.29, 1.82) is 0 Å². The van der Waals surface area contributed by atoms with Crippen LogP contribution in [0.25, 0.3) is 11.2 Å². The Morgan fingerprint density at radius 3 is 2.74 bits per heavy atom. The van der Waals surface area contributed by atoms with Gasteiger partial charge in [0.15, 0.2) is 22.7 Å². The summed E-state index contributed by atoms with van der Waals surface area (Å²) in [6.45, 7) is 0. The number of halogens is 4. The van der Waals surface area contributed by atoms with Gasteiger partial charge in [-0.25, -0.2) is 15.0 Å². The molecule has 120 valence electrons. The van der Waals surface area contributed by atoms with E-state index in [9.17, 15) is 4.79 Å². The second-order valence-corrected chi connectivity index (χ2v) is 7.11. The van der Waals surface area contributed by atoms with Gasteiger partial charge < -0.3 is 9.73 Å². The van der Waals surface area contributed by atoms with Crippen molar-refractivity contribution in [1.82, 2.24) is 24.8 Å². The summed E-state index contributed by atoms with van der Waals surface area (Å²) in [5.74, 6) is -0.491. The molecule has 0 radical (unpaired) electrons. The van der Waals surface area contributed by atoms with Gasteiger partial charge in [0, 0.05) is 0 Å². The van der Waals surface area contributed by atoms with Crippen molar-refractivity contribution in [3.05, 3.63) is 42.0 Å². The van der Waals surface area contributed by atoms with Crippen LogP contribution in [0, 0.1) is 0 Å². The molecule has 0 saturated carbocycles. The van der Waals surface area contributed by atoms with E-state index in [1.165, 1.54) is 29.6 Å². The molecule has 0 fully saturated rings. The van der Waals surface area contributed by atoms with E-state index < -0.39 is 15.9 Å². The quantitative estimate of drug-likeness (QED) is 0.543. The molecule has 1 atom stereocenters. The average molecular weight is 395 g/mol. The minimum absolute atomic E-state index is 0.0707. The normalized spacial score (nSPS) is 13.2. The number of amides is 1. The van der Waals surface area contributed by atoms with Gasteiger partial charge in [-0.15, -0.1) is 0 Å². The number of hydrogen-bond acceptors (Lipinski definition) is 5. The summed E-state index contributed by atoms with van der Waals surface area (Å²) in [6.07, 6.45) is 2.85. The number of nitrogens with zero attached hydrogens (tertiary/aromatic N) is 4. The minimum Gasteiger partial charge on any atom is -0.459 e. The summed E-state index contributed by atoms with van der Waals surface area (Å²) < 4.78 is 4.52. The van der Waals surface area contributed by atoms with Gasteiger partial charge in [-0.1, -0.05) is 46.4 Å². The summed E-state index contributed by atoms with van der Waals surface area (Å²) in [7, 11) is 0. The van der Waals surface area contributed by atoms with Gasteiger partial charge in [-0.2, -0.15) is 0 Å². The Kier molecular flexibility index (Phi) is 4.37. The highest BCUT2D eigenvalue weighted by Gasteiger charge is 2.37. The van der Waals surface area contributed by atoms with Crippen molar-refractivity contribution < 1.29 is 9.21 Å². The second kappa shape index (κ2) is 6.16. The summed E-state index contributed by atoms with van der Waals surface area (Å²) in [4.78, 5) is 24.1. The van der Waals surface area contributed by atoms with Crippen molar-refractivity contribution in [3.63, 3.8) is 0 Å². The third-order valence-corrected chi connectivity index (χ3v) is 3.81. The van der Waals surface area contributed by atoms with Crippen LogP contribution in [0.1, 0.15) is 16.7 Å². The van der Waals surface area contributed by atoms with E-state index >= 15 is 0 Å². The first kappa shape index (κ1) is 16.3. The van der Waals surface area contributed by atoms with E-state index in [2.05, 4.69) is 20.3 Å². The maximum Gasteiger partial charge on any atom is 0.288 e. The lowest BCUT2D eigenvalue weighted by Crippen LogP contribution is -2.40.